The van der Waals surface area contributed by atoms with E-state index in [4.69, 9.17) is 44.9 Å². The summed E-state index contributed by atoms with van der Waals surface area (Å²) in [4.78, 5) is 72.0. The number of hydrogen-bond acceptors (Lipinski definition) is 15. The standard InChI is InChI=1S/C44H29N5.C42H27N5.C38H25N5/c1-3-11-29(12-4-1)31-15-7-18-34(23-31)42-47-43(35-19-8-16-32(24-35)30-13-5-2-6-14-30)49-44(48-42)36-20-9-17-33(25-36)38-21-10-22-39-40(38)26-37-27-45-28-46-41(37)39;1-3-11-27(12-4-1)29-16-9-17-31(21-29)41-45-40(28-13-5-2-6-14-28)46-42(47-41)32-22-30-15-7-8-18-34(30)37(23-32)35-19-10-20-36-38(35)24-33-25-43-26-44-39(33)36;1-3-9-25(10-4-1)26-17-19-28(20-18-26)37-41-36(27-11-5-2-6-12-27)42-38(43-37)30-14-7-13-29(21-30)32-15-8-16-33-34(32)22-31-23-39-24-40-35(31)33/h1-25,27-28H,26H2;1-23,25-26H,24H2;1-21,23-24H,22H2. The summed E-state index contributed by atoms with van der Waals surface area (Å²) in [6.45, 7) is 0. The van der Waals surface area contributed by atoms with Gasteiger partial charge < -0.3 is 0 Å². The number of fused-ring (bicyclic) bond motifs is 10. The van der Waals surface area contributed by atoms with Crippen molar-refractivity contribution in [3.8, 4) is 214 Å². The molecule has 139 heavy (non-hydrogen) atoms. The summed E-state index contributed by atoms with van der Waals surface area (Å²) in [6.07, 6.45) is 13.1. The summed E-state index contributed by atoms with van der Waals surface area (Å²) in [6, 6.07) is 145. The Morgan fingerprint density at radius 3 is 0.748 bits per heavy atom. The van der Waals surface area contributed by atoms with Crippen molar-refractivity contribution in [2.45, 2.75) is 19.3 Å². The lowest BCUT2D eigenvalue weighted by molar-refractivity contribution is 1.07. The van der Waals surface area contributed by atoms with Crippen LogP contribution in [0.4, 0.5) is 0 Å². The number of benzene rings is 17. The lowest BCUT2D eigenvalue weighted by Crippen LogP contribution is -2.01. The molecule has 15 heteroatoms. The van der Waals surface area contributed by atoms with Crippen LogP contribution in [0.3, 0.4) is 0 Å². The van der Waals surface area contributed by atoms with Crippen molar-refractivity contribution >= 4 is 10.8 Å². The molecule has 0 spiro atoms. The second-order valence-corrected chi connectivity index (χ2v) is 34.6. The molecule has 6 heterocycles. The fourth-order valence-corrected chi connectivity index (χ4v) is 19.2. The number of hydrogen-bond donors (Lipinski definition) is 0. The first-order valence-corrected chi connectivity index (χ1v) is 46.4. The summed E-state index contributed by atoms with van der Waals surface area (Å²) in [7, 11) is 0. The predicted octanol–water partition coefficient (Wildman–Crippen LogP) is 28.5. The summed E-state index contributed by atoms with van der Waals surface area (Å²) in [5.41, 5.74) is 38.3. The highest BCUT2D eigenvalue weighted by Gasteiger charge is 2.29. The average Bonchev–Trinajstić information content (AvgIpc) is 1.70. The normalized spacial score (nSPS) is 11.7. The SMILES string of the molecule is c1ccc(-c2ccc(-c3nc(-c4ccccc4)nc(-c4cccc(-c5cccc6c5Cc5cncnc5-6)c4)n3)cc2)cc1.c1ccc(-c2cccc(-c3nc(-c4cccc(-c5ccccc5)c4)nc(-c4cccc(-c5cccc6c5Cc5cncnc5-6)c4)n3)c2)cc1.c1ccc(-c2cccc(-c3nc(-c4ccccc4)nc(-c4cc(-c5cccc6c5Cc5cncnc5-6)c5ccccc5c4)n3)c2)cc1. The molecule has 0 radical (unpaired) electrons. The number of rotatable bonds is 16. The second-order valence-electron chi connectivity index (χ2n) is 34.6. The molecule has 17 aromatic carbocycles. The molecule has 26 rings (SSSR count). The fourth-order valence-electron chi connectivity index (χ4n) is 19.2. The van der Waals surface area contributed by atoms with Gasteiger partial charge in [0.25, 0.3) is 0 Å². The highest BCUT2D eigenvalue weighted by atomic mass is 15.1. The Kier molecular flexibility index (Phi) is 22.2. The van der Waals surface area contributed by atoms with Gasteiger partial charge in [0, 0.05) is 121 Å². The zero-order valence-corrected chi connectivity index (χ0v) is 75.1. The van der Waals surface area contributed by atoms with Gasteiger partial charge >= 0.3 is 0 Å². The number of aromatic nitrogens is 15. The van der Waals surface area contributed by atoms with Crippen molar-refractivity contribution in [1.82, 2.24) is 74.8 Å². The van der Waals surface area contributed by atoms with E-state index in [1.807, 2.05) is 104 Å². The van der Waals surface area contributed by atoms with E-state index in [0.717, 1.165) is 164 Å². The van der Waals surface area contributed by atoms with E-state index >= 15 is 0 Å². The molecule has 0 aliphatic heterocycles. The minimum Gasteiger partial charge on any atom is -0.244 e. The first-order valence-electron chi connectivity index (χ1n) is 46.4. The van der Waals surface area contributed by atoms with E-state index in [0.29, 0.717) is 52.4 Å². The van der Waals surface area contributed by atoms with E-state index in [2.05, 4.69) is 364 Å². The molecule has 3 aliphatic rings. The minimum absolute atomic E-state index is 0.624. The van der Waals surface area contributed by atoms with Gasteiger partial charge in [-0.3, -0.25) is 0 Å². The zero-order chi connectivity index (χ0) is 92.3. The van der Waals surface area contributed by atoms with Gasteiger partial charge in [-0.2, -0.15) is 0 Å². The quantitative estimate of drug-likeness (QED) is 0.0886. The van der Waals surface area contributed by atoms with Crippen LogP contribution in [0.1, 0.15) is 33.4 Å². The van der Waals surface area contributed by atoms with Crippen LogP contribution in [0.25, 0.3) is 225 Å². The first-order chi connectivity index (χ1) is 68.8. The fraction of sp³-hybridized carbons (Fsp3) is 0.0242. The van der Waals surface area contributed by atoms with Crippen LogP contribution in [0.15, 0.2) is 456 Å². The highest BCUT2D eigenvalue weighted by Crippen LogP contribution is 2.47. The van der Waals surface area contributed by atoms with Crippen LogP contribution in [-0.4, -0.2) is 74.8 Å². The van der Waals surface area contributed by atoms with Gasteiger partial charge in [0.1, 0.15) is 19.0 Å². The topological polar surface area (TPSA) is 193 Å². The van der Waals surface area contributed by atoms with E-state index in [1.165, 1.54) is 61.0 Å². The molecule has 0 atom stereocenters. The summed E-state index contributed by atoms with van der Waals surface area (Å²) in [5.74, 6) is 5.71. The van der Waals surface area contributed by atoms with Gasteiger partial charge in [-0.1, -0.05) is 376 Å². The maximum absolute atomic E-state index is 5.14. The van der Waals surface area contributed by atoms with Gasteiger partial charge in [-0.05, 0) is 148 Å². The third-order valence-corrected chi connectivity index (χ3v) is 25.9. The van der Waals surface area contributed by atoms with Crippen molar-refractivity contribution in [3.05, 3.63) is 490 Å². The van der Waals surface area contributed by atoms with Gasteiger partial charge in [-0.15, -0.1) is 0 Å². The van der Waals surface area contributed by atoms with Crippen LogP contribution in [0.2, 0.25) is 0 Å². The molecule has 0 unspecified atom stereocenters. The van der Waals surface area contributed by atoms with Crippen molar-refractivity contribution in [2.75, 3.05) is 0 Å². The largest absolute Gasteiger partial charge is 0.244 e. The monoisotopic (exact) mass is 1780 g/mol. The molecule has 6 aromatic heterocycles. The second kappa shape index (κ2) is 37.0. The molecular formula is C124H81N15. The third kappa shape index (κ3) is 16.9. The van der Waals surface area contributed by atoms with Crippen LogP contribution in [0.5, 0.6) is 0 Å². The molecule has 0 N–H and O–H groups in total. The Morgan fingerprint density at radius 2 is 0.388 bits per heavy atom. The Balaban J connectivity index is 0.000000114. The third-order valence-electron chi connectivity index (χ3n) is 25.9. The molecule has 3 aliphatic carbocycles. The van der Waals surface area contributed by atoms with Crippen molar-refractivity contribution in [1.29, 1.82) is 0 Å². The molecule has 0 saturated carbocycles. The molecular weight excluding hydrogens is 1700 g/mol. The molecule has 0 bridgehead atoms. The summed E-state index contributed by atoms with van der Waals surface area (Å²) >= 11 is 0. The summed E-state index contributed by atoms with van der Waals surface area (Å²) < 4.78 is 0. The van der Waals surface area contributed by atoms with E-state index in [9.17, 15) is 0 Å². The molecule has 0 saturated heterocycles. The first kappa shape index (κ1) is 83.4. The van der Waals surface area contributed by atoms with Gasteiger partial charge in [0.2, 0.25) is 0 Å². The van der Waals surface area contributed by atoms with E-state index in [1.54, 1.807) is 19.0 Å². The lowest BCUT2D eigenvalue weighted by atomic mass is 9.90. The lowest BCUT2D eigenvalue weighted by Gasteiger charge is -2.15. The van der Waals surface area contributed by atoms with Crippen molar-refractivity contribution in [2.24, 2.45) is 0 Å². The Labute approximate surface area is 803 Å². The predicted molar refractivity (Wildman–Crippen MR) is 555 cm³/mol. The Bertz CT molecular complexity index is 8490. The van der Waals surface area contributed by atoms with Crippen molar-refractivity contribution < 1.29 is 0 Å². The highest BCUT2D eigenvalue weighted by molar-refractivity contribution is 6.02. The Morgan fingerprint density at radius 1 is 0.151 bits per heavy atom. The minimum atomic E-state index is 0.624. The van der Waals surface area contributed by atoms with E-state index < -0.39 is 0 Å². The Hall–Kier alpha value is -18.7. The molecule has 23 aromatic rings. The molecule has 0 fully saturated rings. The van der Waals surface area contributed by atoms with E-state index in [-0.39, 0.29) is 0 Å². The van der Waals surface area contributed by atoms with Crippen LogP contribution >= 0.6 is 0 Å². The smallest absolute Gasteiger partial charge is 0.164 e. The molecule has 0 amide bonds. The zero-order valence-electron chi connectivity index (χ0n) is 75.1. The van der Waals surface area contributed by atoms with Crippen LogP contribution in [0, 0.1) is 0 Å². The molecule has 15 nitrogen and oxygen atoms in total. The average molecular weight is 1780 g/mol. The van der Waals surface area contributed by atoms with Crippen LogP contribution < -0.4 is 0 Å². The van der Waals surface area contributed by atoms with Crippen molar-refractivity contribution in [3.63, 3.8) is 0 Å². The maximum Gasteiger partial charge on any atom is 0.164 e. The van der Waals surface area contributed by atoms with Crippen LogP contribution in [-0.2, 0) is 19.3 Å². The number of nitrogens with zero attached hydrogens (tertiary/aromatic N) is 15. The summed E-state index contributed by atoms with van der Waals surface area (Å²) in [5, 5.41) is 2.31. The van der Waals surface area contributed by atoms with Gasteiger partial charge in [-0.25, -0.2) is 74.8 Å². The van der Waals surface area contributed by atoms with Gasteiger partial charge in [0.05, 0.1) is 17.1 Å². The molecule has 652 valence electrons. The maximum atomic E-state index is 5.14. The van der Waals surface area contributed by atoms with Gasteiger partial charge in [0.15, 0.2) is 52.4 Å².